The van der Waals surface area contributed by atoms with Crippen LogP contribution in [-0.4, -0.2) is 20.2 Å². The molecule has 0 aromatic rings. The average molecular weight is 190 g/mol. The van der Waals surface area contributed by atoms with Gasteiger partial charge in [0.05, 0.1) is 5.75 Å². The SMILES string of the molecule is CCCS(=O)(=O)[N]C1CCCC1. The molecule has 1 saturated carbocycles. The molecule has 1 fully saturated rings. The first kappa shape index (κ1) is 9.99. The van der Waals surface area contributed by atoms with Crippen LogP contribution in [0.2, 0.25) is 0 Å². The monoisotopic (exact) mass is 190 g/mol. The Morgan fingerprint density at radius 1 is 1.33 bits per heavy atom. The Kier molecular flexibility index (Phi) is 3.53. The molecular weight excluding hydrogens is 174 g/mol. The lowest BCUT2D eigenvalue weighted by atomic mass is 10.3. The molecule has 0 unspecified atom stereocenters. The highest BCUT2D eigenvalue weighted by Gasteiger charge is 2.22. The van der Waals surface area contributed by atoms with Gasteiger partial charge in [0.2, 0.25) is 10.0 Å². The van der Waals surface area contributed by atoms with E-state index in [1.165, 1.54) is 0 Å². The predicted molar refractivity (Wildman–Crippen MR) is 48.5 cm³/mol. The second kappa shape index (κ2) is 4.23. The predicted octanol–water partition coefficient (Wildman–Crippen LogP) is 1.27. The maximum absolute atomic E-state index is 11.2. The number of nitrogens with zero attached hydrogens (tertiary/aromatic N) is 1. The zero-order valence-electron chi connectivity index (χ0n) is 7.49. The first-order chi connectivity index (χ1) is 5.64. The van der Waals surface area contributed by atoms with Crippen LogP contribution in [-0.2, 0) is 10.0 Å². The van der Waals surface area contributed by atoms with Crippen molar-refractivity contribution in [2.75, 3.05) is 5.75 Å². The van der Waals surface area contributed by atoms with Crippen molar-refractivity contribution in [1.29, 1.82) is 0 Å². The fourth-order valence-electron chi connectivity index (χ4n) is 1.55. The first-order valence-corrected chi connectivity index (χ1v) is 6.20. The molecule has 1 aliphatic rings. The molecule has 1 radical (unpaired) electrons. The van der Waals surface area contributed by atoms with E-state index in [9.17, 15) is 8.42 Å². The van der Waals surface area contributed by atoms with Gasteiger partial charge in [-0.3, -0.25) is 0 Å². The Hall–Kier alpha value is -0.0900. The van der Waals surface area contributed by atoms with Crippen LogP contribution in [0.25, 0.3) is 0 Å². The van der Waals surface area contributed by atoms with Crippen molar-refractivity contribution in [1.82, 2.24) is 4.72 Å². The third-order valence-electron chi connectivity index (χ3n) is 2.10. The van der Waals surface area contributed by atoms with Crippen molar-refractivity contribution in [2.45, 2.75) is 45.1 Å². The molecular formula is C8H16NO2S. The van der Waals surface area contributed by atoms with Crippen LogP contribution in [0.4, 0.5) is 0 Å². The summed E-state index contributed by atoms with van der Waals surface area (Å²) in [6.45, 7) is 1.86. The molecule has 12 heavy (non-hydrogen) atoms. The number of hydrogen-bond acceptors (Lipinski definition) is 2. The van der Waals surface area contributed by atoms with Gasteiger partial charge in [0.25, 0.3) is 0 Å². The largest absolute Gasteiger partial charge is 0.228 e. The molecule has 1 rings (SSSR count). The van der Waals surface area contributed by atoms with Crippen molar-refractivity contribution in [3.63, 3.8) is 0 Å². The lowest BCUT2D eigenvalue weighted by Crippen LogP contribution is -2.27. The Balaban J connectivity index is 2.38. The van der Waals surface area contributed by atoms with Crippen LogP contribution in [0, 0.1) is 0 Å². The zero-order valence-corrected chi connectivity index (χ0v) is 8.31. The van der Waals surface area contributed by atoms with Crippen LogP contribution in [0.5, 0.6) is 0 Å². The van der Waals surface area contributed by atoms with Crippen LogP contribution in [0.3, 0.4) is 0 Å². The molecule has 4 heteroatoms. The molecule has 71 valence electrons. The summed E-state index contributed by atoms with van der Waals surface area (Å²) in [5.41, 5.74) is 0. The van der Waals surface area contributed by atoms with E-state index in [0.29, 0.717) is 6.42 Å². The van der Waals surface area contributed by atoms with Gasteiger partial charge in [-0.25, -0.2) is 8.42 Å². The minimum Gasteiger partial charge on any atom is -0.211 e. The van der Waals surface area contributed by atoms with Gasteiger partial charge in [0.1, 0.15) is 0 Å². The molecule has 0 saturated heterocycles. The third-order valence-corrected chi connectivity index (χ3v) is 3.64. The fraction of sp³-hybridized carbons (Fsp3) is 1.00. The summed E-state index contributed by atoms with van der Waals surface area (Å²) in [4.78, 5) is 0. The maximum atomic E-state index is 11.2. The Morgan fingerprint density at radius 2 is 1.92 bits per heavy atom. The number of rotatable bonds is 4. The smallest absolute Gasteiger partial charge is 0.211 e. The minimum atomic E-state index is -3.09. The molecule has 0 heterocycles. The standard InChI is InChI=1S/C8H16NO2S/c1-2-7-12(10,11)9-8-5-3-4-6-8/h8H,2-7H2,1H3. The summed E-state index contributed by atoms with van der Waals surface area (Å²) in [5, 5.41) is 0. The van der Waals surface area contributed by atoms with Crippen molar-refractivity contribution >= 4 is 10.0 Å². The summed E-state index contributed by atoms with van der Waals surface area (Å²) < 4.78 is 26.3. The van der Waals surface area contributed by atoms with E-state index in [1.54, 1.807) is 0 Å². The van der Waals surface area contributed by atoms with Gasteiger partial charge in [-0.2, -0.15) is 0 Å². The lowest BCUT2D eigenvalue weighted by molar-refractivity contribution is 0.547. The first-order valence-electron chi connectivity index (χ1n) is 4.59. The van der Waals surface area contributed by atoms with Crippen LogP contribution >= 0.6 is 0 Å². The van der Waals surface area contributed by atoms with Crippen molar-refractivity contribution in [2.24, 2.45) is 0 Å². The highest BCUT2D eigenvalue weighted by molar-refractivity contribution is 7.89. The number of hydrogen-bond donors (Lipinski definition) is 0. The molecule has 0 bridgehead atoms. The number of sulfonamides is 1. The Morgan fingerprint density at radius 3 is 2.42 bits per heavy atom. The van der Waals surface area contributed by atoms with Crippen LogP contribution < -0.4 is 4.72 Å². The van der Waals surface area contributed by atoms with Gasteiger partial charge in [-0.05, 0) is 19.3 Å². The van der Waals surface area contributed by atoms with Crippen LogP contribution in [0.15, 0.2) is 0 Å². The van der Waals surface area contributed by atoms with Crippen molar-refractivity contribution in [3.05, 3.63) is 0 Å². The molecule has 0 atom stereocenters. The molecule has 0 spiro atoms. The second-order valence-electron chi connectivity index (χ2n) is 3.33. The molecule has 0 N–H and O–H groups in total. The minimum absolute atomic E-state index is 0.0987. The topological polar surface area (TPSA) is 48.2 Å². The van der Waals surface area contributed by atoms with Gasteiger partial charge in [0, 0.05) is 6.04 Å². The highest BCUT2D eigenvalue weighted by atomic mass is 32.2. The Labute approximate surface area is 74.6 Å². The summed E-state index contributed by atoms with van der Waals surface area (Å²) in [6, 6.07) is 0.0987. The molecule has 1 aliphatic carbocycles. The van der Waals surface area contributed by atoms with Gasteiger partial charge >= 0.3 is 0 Å². The highest BCUT2D eigenvalue weighted by Crippen LogP contribution is 2.19. The summed E-state index contributed by atoms with van der Waals surface area (Å²) in [6.07, 6.45) is 4.86. The van der Waals surface area contributed by atoms with E-state index in [0.717, 1.165) is 25.7 Å². The van der Waals surface area contributed by atoms with E-state index in [1.807, 2.05) is 6.92 Å². The molecule has 0 aromatic carbocycles. The third kappa shape index (κ3) is 3.11. The van der Waals surface area contributed by atoms with Gasteiger partial charge < -0.3 is 0 Å². The van der Waals surface area contributed by atoms with Gasteiger partial charge in [-0.1, -0.05) is 19.8 Å². The normalized spacial score (nSPS) is 20.1. The Bertz CT molecular complexity index is 217. The lowest BCUT2D eigenvalue weighted by Gasteiger charge is -2.08. The fourth-order valence-corrected chi connectivity index (χ4v) is 2.83. The average Bonchev–Trinajstić information content (AvgIpc) is 2.38. The van der Waals surface area contributed by atoms with Crippen molar-refractivity contribution in [3.8, 4) is 0 Å². The second-order valence-corrected chi connectivity index (χ2v) is 5.11. The summed E-state index contributed by atoms with van der Waals surface area (Å²) in [5.74, 6) is 0.212. The van der Waals surface area contributed by atoms with E-state index in [2.05, 4.69) is 4.72 Å². The van der Waals surface area contributed by atoms with E-state index in [-0.39, 0.29) is 11.8 Å². The van der Waals surface area contributed by atoms with Gasteiger partial charge in [0.15, 0.2) is 0 Å². The van der Waals surface area contributed by atoms with E-state index >= 15 is 0 Å². The van der Waals surface area contributed by atoms with Crippen LogP contribution in [0.1, 0.15) is 39.0 Å². The quantitative estimate of drug-likeness (QED) is 0.670. The van der Waals surface area contributed by atoms with E-state index in [4.69, 9.17) is 0 Å². The molecule has 0 aromatic heterocycles. The molecule has 3 nitrogen and oxygen atoms in total. The maximum Gasteiger partial charge on any atom is 0.228 e. The summed E-state index contributed by atoms with van der Waals surface area (Å²) in [7, 11) is -3.09. The van der Waals surface area contributed by atoms with Crippen molar-refractivity contribution < 1.29 is 8.42 Å². The zero-order chi connectivity index (χ0) is 9.03. The molecule has 0 amide bonds. The van der Waals surface area contributed by atoms with Gasteiger partial charge in [-0.15, -0.1) is 4.72 Å². The van der Waals surface area contributed by atoms with E-state index < -0.39 is 10.0 Å². The summed E-state index contributed by atoms with van der Waals surface area (Å²) >= 11 is 0. The molecule has 0 aliphatic heterocycles.